The minimum Gasteiger partial charge on any atom is -0.492 e. The quantitative estimate of drug-likeness (QED) is 0.146. The number of carbonyl (C=O) groups is 1. The Morgan fingerprint density at radius 2 is 2.05 bits per heavy atom. The second-order valence-electron chi connectivity index (χ2n) is 10.8. The summed E-state index contributed by atoms with van der Waals surface area (Å²) in [6.45, 7) is 5.85. The minimum absolute atomic E-state index is 0.108. The molecule has 3 atom stereocenters. The topological polar surface area (TPSA) is 112 Å². The van der Waals surface area contributed by atoms with Gasteiger partial charge in [0.2, 0.25) is 5.91 Å². The van der Waals surface area contributed by atoms with Gasteiger partial charge in [-0.2, -0.15) is 5.26 Å². The normalized spacial score (nSPS) is 18.5. The van der Waals surface area contributed by atoms with Gasteiger partial charge in [0.05, 0.1) is 39.0 Å². The maximum Gasteiger partial charge on any atom is 0.224 e. The fourth-order valence-electron chi connectivity index (χ4n) is 4.90. The van der Waals surface area contributed by atoms with E-state index < -0.39 is 0 Å². The number of pyridine rings is 1. The van der Waals surface area contributed by atoms with Crippen LogP contribution in [0.25, 0.3) is 10.9 Å². The minimum atomic E-state index is -0.108. The Hall–Kier alpha value is -3.10. The van der Waals surface area contributed by atoms with E-state index in [1.54, 1.807) is 18.2 Å². The van der Waals surface area contributed by atoms with Crippen molar-refractivity contribution in [2.75, 3.05) is 44.5 Å². The molecule has 2 heterocycles. The molecular formula is C31H38BrClN6O3. The Kier molecular flexibility index (Phi) is 11.3. The lowest BCUT2D eigenvalue weighted by Crippen LogP contribution is -2.47. The first-order chi connectivity index (χ1) is 20.2. The van der Waals surface area contributed by atoms with E-state index in [9.17, 15) is 10.1 Å². The highest BCUT2D eigenvalue weighted by Gasteiger charge is 2.26. The highest BCUT2D eigenvalue weighted by atomic mass is 79.9. The highest BCUT2D eigenvalue weighted by Crippen LogP contribution is 2.37. The number of nitrogens with zero attached hydrogens (tertiary/aromatic N) is 3. The lowest BCUT2D eigenvalue weighted by Gasteiger charge is -2.33. The van der Waals surface area contributed by atoms with Crippen LogP contribution in [0.3, 0.4) is 0 Å². The maximum absolute atomic E-state index is 12.7. The molecule has 0 spiro atoms. The van der Waals surface area contributed by atoms with Crippen LogP contribution in [-0.4, -0.2) is 60.6 Å². The highest BCUT2D eigenvalue weighted by molar-refractivity contribution is 9.09. The molecule has 11 heteroatoms. The summed E-state index contributed by atoms with van der Waals surface area (Å²) in [6.07, 6.45) is 4.85. The van der Waals surface area contributed by atoms with Crippen LogP contribution in [0.5, 0.6) is 11.5 Å². The smallest absolute Gasteiger partial charge is 0.224 e. The maximum atomic E-state index is 12.7. The van der Waals surface area contributed by atoms with Crippen LogP contribution in [0.1, 0.15) is 45.1 Å². The van der Waals surface area contributed by atoms with E-state index in [1.807, 2.05) is 38.1 Å². The third-order valence-electron chi connectivity index (χ3n) is 7.25. The van der Waals surface area contributed by atoms with Gasteiger partial charge in [-0.25, -0.2) is 0 Å². The van der Waals surface area contributed by atoms with Gasteiger partial charge in [-0.15, -0.1) is 0 Å². The number of fused-ring (bicyclic) bond motifs is 1. The van der Waals surface area contributed by atoms with E-state index in [0.717, 1.165) is 25.8 Å². The van der Waals surface area contributed by atoms with Crippen molar-refractivity contribution in [1.82, 2.24) is 15.2 Å². The zero-order chi connectivity index (χ0) is 30.2. The lowest BCUT2D eigenvalue weighted by atomic mass is 9.93. The molecule has 1 fully saturated rings. The Bertz CT molecular complexity index is 1450. The van der Waals surface area contributed by atoms with E-state index in [-0.39, 0.29) is 16.9 Å². The van der Waals surface area contributed by atoms with Crippen molar-refractivity contribution in [2.45, 2.75) is 50.5 Å². The van der Waals surface area contributed by atoms with E-state index in [0.29, 0.717) is 75.6 Å². The van der Waals surface area contributed by atoms with Crippen molar-refractivity contribution in [3.05, 3.63) is 47.1 Å². The molecule has 0 aliphatic carbocycles. The first-order valence-electron chi connectivity index (χ1n) is 14.2. The van der Waals surface area contributed by atoms with E-state index >= 15 is 0 Å². The molecule has 1 amide bonds. The number of nitrogens with one attached hydrogen (secondary N) is 3. The van der Waals surface area contributed by atoms with Crippen molar-refractivity contribution in [3.8, 4) is 17.6 Å². The van der Waals surface area contributed by atoms with Crippen molar-refractivity contribution in [2.24, 2.45) is 5.92 Å². The largest absolute Gasteiger partial charge is 0.492 e. The fraction of sp³-hybridized carbons (Fsp3) is 0.452. The molecule has 1 aliphatic rings. The Morgan fingerprint density at radius 3 is 2.76 bits per heavy atom. The van der Waals surface area contributed by atoms with Gasteiger partial charge in [-0.1, -0.05) is 34.5 Å². The summed E-state index contributed by atoms with van der Waals surface area (Å²) >= 11 is 10.3. The van der Waals surface area contributed by atoms with Crippen LogP contribution in [-0.2, 0) is 4.79 Å². The summed E-state index contributed by atoms with van der Waals surface area (Å²) in [4.78, 5) is 19.6. The summed E-state index contributed by atoms with van der Waals surface area (Å²) in [5.41, 5.74) is 2.74. The molecule has 1 aliphatic heterocycles. The zero-order valence-electron chi connectivity index (χ0n) is 24.5. The van der Waals surface area contributed by atoms with Crippen molar-refractivity contribution in [3.63, 3.8) is 0 Å². The zero-order valence-corrected chi connectivity index (χ0v) is 26.8. The van der Waals surface area contributed by atoms with E-state index in [1.165, 1.54) is 6.20 Å². The number of anilines is 3. The molecule has 224 valence electrons. The number of hydrogen-bond donors (Lipinski definition) is 3. The molecular weight excluding hydrogens is 620 g/mol. The molecule has 0 radical (unpaired) electrons. The number of benzene rings is 2. The van der Waals surface area contributed by atoms with Gasteiger partial charge in [0.25, 0.3) is 0 Å². The molecule has 42 heavy (non-hydrogen) atoms. The number of piperidine rings is 1. The summed E-state index contributed by atoms with van der Waals surface area (Å²) in [7, 11) is 3.95. The predicted molar refractivity (Wildman–Crippen MR) is 172 cm³/mol. The van der Waals surface area contributed by atoms with Crippen LogP contribution in [0.4, 0.5) is 17.1 Å². The van der Waals surface area contributed by atoms with E-state index in [2.05, 4.69) is 49.9 Å². The summed E-state index contributed by atoms with van der Waals surface area (Å²) in [6, 6.07) is 11.5. The summed E-state index contributed by atoms with van der Waals surface area (Å²) in [5.74, 6) is 1.50. The molecule has 9 nitrogen and oxygen atoms in total. The van der Waals surface area contributed by atoms with E-state index in [4.69, 9.17) is 21.1 Å². The second-order valence-corrected chi connectivity index (χ2v) is 12.3. The Balaban J connectivity index is 1.58. The van der Waals surface area contributed by atoms with Gasteiger partial charge in [-0.3, -0.25) is 15.1 Å². The molecule has 4 rings (SSSR count). The van der Waals surface area contributed by atoms with Gasteiger partial charge in [-0.05, 0) is 77.0 Å². The van der Waals surface area contributed by atoms with Gasteiger partial charge in [0.1, 0.15) is 24.2 Å². The molecule has 3 unspecified atom stereocenters. The van der Waals surface area contributed by atoms with Gasteiger partial charge >= 0.3 is 0 Å². The number of carbonyl (C=O) groups excluding carboxylic acids is 1. The number of hydrogen-bond acceptors (Lipinski definition) is 8. The molecule has 3 aromatic rings. The first-order valence-corrected chi connectivity index (χ1v) is 15.5. The number of ether oxygens (including phenoxy) is 2. The molecule has 0 saturated carbocycles. The molecule has 3 N–H and O–H groups in total. The average Bonchev–Trinajstić information content (AvgIpc) is 2.95. The van der Waals surface area contributed by atoms with Crippen LogP contribution >= 0.6 is 27.5 Å². The molecule has 1 saturated heterocycles. The van der Waals surface area contributed by atoms with Crippen LogP contribution in [0, 0.1) is 17.2 Å². The molecule has 1 aromatic heterocycles. The van der Waals surface area contributed by atoms with Crippen LogP contribution < -0.4 is 25.4 Å². The summed E-state index contributed by atoms with van der Waals surface area (Å²) in [5, 5.41) is 20.9. The molecule has 2 aromatic carbocycles. The predicted octanol–water partition coefficient (Wildman–Crippen LogP) is 6.67. The van der Waals surface area contributed by atoms with Crippen molar-refractivity contribution >= 4 is 61.4 Å². The number of rotatable bonds is 12. The third kappa shape index (κ3) is 8.26. The standard InChI is InChI=1S/C31H38BrClN6O3/c1-5-41-28-15-24-22(14-25(28)38-30(40)7-6-12-39(3)4)31(20(16-34)17-35-24)36-21-9-10-27(23(33)13-21)42-18-26-19(2)8-11-29(32)37-26/h9-10,13-15,17,19,26,29,37H,5-8,11-12,18H2,1-4H3,(H,35,36)(H,38,40). The number of aromatic nitrogens is 1. The Labute approximate surface area is 261 Å². The lowest BCUT2D eigenvalue weighted by molar-refractivity contribution is -0.116. The van der Waals surface area contributed by atoms with Crippen LogP contribution in [0.2, 0.25) is 5.02 Å². The number of halogens is 2. The second kappa shape index (κ2) is 14.9. The number of amides is 1. The van der Waals surface area contributed by atoms with Gasteiger partial charge < -0.3 is 25.0 Å². The average molecular weight is 658 g/mol. The Morgan fingerprint density at radius 1 is 1.24 bits per heavy atom. The first kappa shape index (κ1) is 31.8. The third-order valence-corrected chi connectivity index (χ3v) is 8.27. The van der Waals surface area contributed by atoms with Crippen molar-refractivity contribution in [1.29, 1.82) is 5.26 Å². The number of alkyl halides is 1. The SMILES string of the molecule is CCOc1cc2ncc(C#N)c(Nc3ccc(OCC4NC(Br)CCC4C)c(Cl)c3)c2cc1NC(=O)CCCN(C)C. The van der Waals surface area contributed by atoms with Gasteiger partial charge in [0.15, 0.2) is 0 Å². The fourth-order valence-corrected chi connectivity index (χ4v) is 5.74. The van der Waals surface area contributed by atoms with Gasteiger partial charge in [0, 0.05) is 35.8 Å². The van der Waals surface area contributed by atoms with Crippen molar-refractivity contribution < 1.29 is 14.3 Å². The number of nitriles is 1. The molecule has 0 bridgehead atoms. The summed E-state index contributed by atoms with van der Waals surface area (Å²) < 4.78 is 11.9. The van der Waals surface area contributed by atoms with Crippen LogP contribution in [0.15, 0.2) is 36.5 Å². The monoisotopic (exact) mass is 656 g/mol.